The Morgan fingerprint density at radius 1 is 1.11 bits per heavy atom. The number of carboxylic acid groups (broad SMARTS) is 1. The minimum Gasteiger partial charge on any atom is -0.497 e. The first-order valence-corrected chi connectivity index (χ1v) is 11.5. The minimum absolute atomic E-state index is 0.0144. The quantitative estimate of drug-likeness (QED) is 0.520. The Hall–Kier alpha value is -3.89. The van der Waals surface area contributed by atoms with Gasteiger partial charge in [0.05, 0.1) is 18.0 Å². The molecule has 190 valence electrons. The number of fused-ring (bicyclic) bond motifs is 1. The van der Waals surface area contributed by atoms with Crippen molar-refractivity contribution in [3.8, 4) is 11.5 Å². The number of carboxylic acids is 1. The highest BCUT2D eigenvalue weighted by Gasteiger charge is 2.33. The summed E-state index contributed by atoms with van der Waals surface area (Å²) in [6, 6.07) is 8.24. The third-order valence-electron chi connectivity index (χ3n) is 6.59. The van der Waals surface area contributed by atoms with Crippen molar-refractivity contribution in [3.63, 3.8) is 0 Å². The average Bonchev–Trinajstić information content (AvgIpc) is 3.70. The van der Waals surface area contributed by atoms with Gasteiger partial charge in [-0.3, -0.25) is 4.79 Å². The van der Waals surface area contributed by atoms with Crippen LogP contribution in [0.5, 0.6) is 11.5 Å². The maximum Gasteiger partial charge on any atom is 0.387 e. The van der Waals surface area contributed by atoms with E-state index >= 15 is 4.39 Å². The van der Waals surface area contributed by atoms with E-state index in [1.807, 2.05) is 24.3 Å². The zero-order valence-corrected chi connectivity index (χ0v) is 19.4. The summed E-state index contributed by atoms with van der Waals surface area (Å²) in [5.74, 6) is -2.14. The van der Waals surface area contributed by atoms with Crippen molar-refractivity contribution < 1.29 is 32.5 Å². The number of benzene rings is 2. The summed E-state index contributed by atoms with van der Waals surface area (Å²) in [5, 5.41) is 9.17. The van der Waals surface area contributed by atoms with Crippen LogP contribution in [0.3, 0.4) is 0 Å². The lowest BCUT2D eigenvalue weighted by Crippen LogP contribution is -2.47. The molecule has 36 heavy (non-hydrogen) atoms. The number of aromatic carboxylic acids is 1. The number of rotatable bonds is 7. The Morgan fingerprint density at radius 2 is 1.81 bits per heavy atom. The fourth-order valence-corrected chi connectivity index (χ4v) is 4.73. The zero-order chi connectivity index (χ0) is 25.6. The first-order valence-electron chi connectivity index (χ1n) is 11.5. The number of alkyl halides is 2. The Balaban J connectivity index is 1.59. The number of piperazine rings is 1. The molecule has 0 unspecified atom stereocenters. The van der Waals surface area contributed by atoms with E-state index < -0.39 is 35.1 Å². The molecule has 1 saturated heterocycles. The predicted octanol–water partition coefficient (Wildman–Crippen LogP) is 4.11. The van der Waals surface area contributed by atoms with Crippen LogP contribution in [0.1, 0.15) is 29.2 Å². The van der Waals surface area contributed by atoms with E-state index in [0.29, 0.717) is 44.8 Å². The number of halogens is 3. The molecule has 0 bridgehead atoms. The van der Waals surface area contributed by atoms with E-state index in [1.165, 1.54) is 4.57 Å². The van der Waals surface area contributed by atoms with Gasteiger partial charge in [0, 0.05) is 50.2 Å². The number of anilines is 2. The molecule has 2 aromatic carbocycles. The van der Waals surface area contributed by atoms with Crippen molar-refractivity contribution in [1.82, 2.24) is 4.57 Å². The topological polar surface area (TPSA) is 84.2 Å². The molecule has 0 amide bonds. The Morgan fingerprint density at radius 3 is 2.42 bits per heavy atom. The van der Waals surface area contributed by atoms with Crippen molar-refractivity contribution >= 4 is 28.2 Å². The van der Waals surface area contributed by atoms with Crippen LogP contribution in [0.25, 0.3) is 10.9 Å². The highest BCUT2D eigenvalue weighted by atomic mass is 19.3. The number of pyridine rings is 1. The maximum absolute atomic E-state index is 15.5. The summed E-state index contributed by atoms with van der Waals surface area (Å²) in [5.41, 5.74) is -0.747. The SMILES string of the molecule is COc1cccc(N2CCN(c3c(F)cc4c(=O)c(C(=O)O)cn(C5CC5)c4c3OC(F)F)CC2)c1. The Bertz CT molecular complexity index is 1380. The van der Waals surface area contributed by atoms with Gasteiger partial charge in [-0.15, -0.1) is 0 Å². The van der Waals surface area contributed by atoms with Crippen LogP contribution in [-0.4, -0.2) is 55.5 Å². The molecule has 1 N–H and O–H groups in total. The van der Waals surface area contributed by atoms with Crippen molar-refractivity contribution in [2.45, 2.75) is 25.5 Å². The highest BCUT2D eigenvalue weighted by molar-refractivity contribution is 5.97. The van der Waals surface area contributed by atoms with Crippen molar-refractivity contribution in [2.75, 3.05) is 43.1 Å². The van der Waals surface area contributed by atoms with Gasteiger partial charge in [-0.1, -0.05) is 6.07 Å². The summed E-state index contributed by atoms with van der Waals surface area (Å²) in [6.45, 7) is -1.70. The molecule has 1 saturated carbocycles. The normalized spacial score (nSPS) is 16.0. The van der Waals surface area contributed by atoms with Crippen molar-refractivity contribution in [3.05, 3.63) is 58.1 Å². The number of ether oxygens (including phenoxy) is 2. The molecule has 5 rings (SSSR count). The van der Waals surface area contributed by atoms with E-state index in [1.54, 1.807) is 12.0 Å². The smallest absolute Gasteiger partial charge is 0.387 e. The molecule has 11 heteroatoms. The second-order valence-corrected chi connectivity index (χ2v) is 8.80. The molecule has 0 radical (unpaired) electrons. The maximum atomic E-state index is 15.5. The highest BCUT2D eigenvalue weighted by Crippen LogP contribution is 2.44. The molecule has 1 aliphatic heterocycles. The Kier molecular flexibility index (Phi) is 6.15. The second kappa shape index (κ2) is 9.29. The van der Waals surface area contributed by atoms with Gasteiger partial charge in [-0.25, -0.2) is 9.18 Å². The van der Waals surface area contributed by atoms with Crippen LogP contribution in [0.15, 0.2) is 41.3 Å². The fraction of sp³-hybridized carbons (Fsp3) is 0.360. The van der Waals surface area contributed by atoms with Crippen LogP contribution in [-0.2, 0) is 0 Å². The van der Waals surface area contributed by atoms with E-state index in [0.717, 1.165) is 18.0 Å². The predicted molar refractivity (Wildman–Crippen MR) is 127 cm³/mol. The van der Waals surface area contributed by atoms with Gasteiger partial charge in [0.25, 0.3) is 0 Å². The number of nitrogens with zero attached hydrogens (tertiary/aromatic N) is 3. The third kappa shape index (κ3) is 4.29. The van der Waals surface area contributed by atoms with Crippen molar-refractivity contribution in [1.29, 1.82) is 0 Å². The fourth-order valence-electron chi connectivity index (χ4n) is 4.73. The van der Waals surface area contributed by atoms with Gasteiger partial charge in [-0.2, -0.15) is 8.78 Å². The molecule has 2 aliphatic rings. The number of carbonyl (C=O) groups is 1. The average molecular weight is 503 g/mol. The molecular weight excluding hydrogens is 479 g/mol. The standard InChI is InChI=1S/C25H24F3N3O5/c1-35-16-4-2-3-15(11-16)29-7-9-30(10-8-29)21-19(26)12-17-20(23(21)36-25(27)28)31(14-5-6-14)13-18(22(17)32)24(33)34/h2-4,11-14,25H,5-10H2,1H3,(H,33,34). The monoisotopic (exact) mass is 503 g/mol. The van der Waals surface area contributed by atoms with Crippen LogP contribution in [0, 0.1) is 5.82 Å². The first-order chi connectivity index (χ1) is 17.3. The van der Waals surface area contributed by atoms with E-state index in [4.69, 9.17) is 9.47 Å². The summed E-state index contributed by atoms with van der Waals surface area (Å²) in [6.07, 6.45) is 2.50. The van der Waals surface area contributed by atoms with Crippen LogP contribution < -0.4 is 24.7 Å². The molecular formula is C25H24F3N3O5. The molecule has 2 fully saturated rings. The van der Waals surface area contributed by atoms with Gasteiger partial charge in [0.1, 0.15) is 17.0 Å². The third-order valence-corrected chi connectivity index (χ3v) is 6.59. The molecule has 3 aromatic rings. The lowest BCUT2D eigenvalue weighted by atomic mass is 10.1. The summed E-state index contributed by atoms with van der Waals surface area (Å²) < 4.78 is 54.2. The van der Waals surface area contributed by atoms with E-state index in [-0.39, 0.29) is 22.6 Å². The van der Waals surface area contributed by atoms with Gasteiger partial charge in [0.15, 0.2) is 11.6 Å². The molecule has 0 spiro atoms. The van der Waals surface area contributed by atoms with Gasteiger partial charge in [0.2, 0.25) is 5.43 Å². The van der Waals surface area contributed by atoms with Crippen molar-refractivity contribution in [2.24, 2.45) is 0 Å². The number of aromatic nitrogens is 1. The molecule has 0 atom stereocenters. The van der Waals surface area contributed by atoms with E-state index in [2.05, 4.69) is 4.90 Å². The van der Waals surface area contributed by atoms with Crippen LogP contribution in [0.4, 0.5) is 24.5 Å². The van der Waals surface area contributed by atoms with Crippen LogP contribution >= 0.6 is 0 Å². The molecule has 1 aromatic heterocycles. The zero-order valence-electron chi connectivity index (χ0n) is 19.4. The first kappa shape index (κ1) is 23.8. The number of hydrogen-bond donors (Lipinski definition) is 1. The lowest BCUT2D eigenvalue weighted by Gasteiger charge is -2.38. The van der Waals surface area contributed by atoms with Gasteiger partial charge in [-0.05, 0) is 31.0 Å². The molecule has 1 aliphatic carbocycles. The summed E-state index contributed by atoms with van der Waals surface area (Å²) in [7, 11) is 1.57. The number of methoxy groups -OCH3 is 1. The summed E-state index contributed by atoms with van der Waals surface area (Å²) >= 11 is 0. The van der Waals surface area contributed by atoms with Gasteiger partial charge < -0.3 is 28.9 Å². The molecule has 2 heterocycles. The Labute approximate surface area is 204 Å². The second-order valence-electron chi connectivity index (χ2n) is 8.80. The molecule has 8 nitrogen and oxygen atoms in total. The lowest BCUT2D eigenvalue weighted by molar-refractivity contribution is -0.0488. The van der Waals surface area contributed by atoms with E-state index in [9.17, 15) is 23.5 Å². The summed E-state index contributed by atoms with van der Waals surface area (Å²) in [4.78, 5) is 28.2. The van der Waals surface area contributed by atoms with Gasteiger partial charge >= 0.3 is 12.6 Å². The number of hydrogen-bond acceptors (Lipinski definition) is 6. The van der Waals surface area contributed by atoms with Crippen LogP contribution in [0.2, 0.25) is 0 Å². The largest absolute Gasteiger partial charge is 0.497 e. The minimum atomic E-state index is -3.27.